The summed E-state index contributed by atoms with van der Waals surface area (Å²) in [5.74, 6) is -3.71. The number of esters is 1. The molecule has 0 radical (unpaired) electrons. The molecule has 7 nitrogen and oxygen atoms in total. The van der Waals surface area contributed by atoms with Crippen molar-refractivity contribution in [2.75, 3.05) is 0 Å². The van der Waals surface area contributed by atoms with Crippen molar-refractivity contribution in [1.29, 1.82) is 0 Å². The number of benzene rings is 2. The van der Waals surface area contributed by atoms with Crippen LogP contribution in [0, 0.1) is 0 Å². The van der Waals surface area contributed by atoms with E-state index in [0.29, 0.717) is 4.90 Å². The van der Waals surface area contributed by atoms with Gasteiger partial charge in [0.1, 0.15) is 12.6 Å². The Morgan fingerprint density at radius 1 is 0.923 bits per heavy atom. The van der Waals surface area contributed by atoms with Crippen molar-refractivity contribution in [2.24, 2.45) is 0 Å². The Balaban J connectivity index is 1.72. The number of aliphatic carboxylic acids is 1. The van der Waals surface area contributed by atoms with Crippen LogP contribution in [-0.4, -0.2) is 39.8 Å². The molecule has 26 heavy (non-hydrogen) atoms. The van der Waals surface area contributed by atoms with Crippen LogP contribution in [0.4, 0.5) is 0 Å². The van der Waals surface area contributed by atoms with E-state index in [9.17, 15) is 24.3 Å². The first-order chi connectivity index (χ1) is 12.5. The van der Waals surface area contributed by atoms with E-state index in [1.165, 1.54) is 12.1 Å². The van der Waals surface area contributed by atoms with Crippen molar-refractivity contribution >= 4 is 23.8 Å². The third-order valence-corrected chi connectivity index (χ3v) is 4.02. The molecule has 0 spiro atoms. The number of imide groups is 1. The number of hydrogen-bond acceptors (Lipinski definition) is 5. The third-order valence-electron chi connectivity index (χ3n) is 4.02. The van der Waals surface area contributed by atoms with Crippen LogP contribution in [0.3, 0.4) is 0 Å². The van der Waals surface area contributed by atoms with Crippen LogP contribution in [0.2, 0.25) is 0 Å². The third kappa shape index (κ3) is 3.32. The molecule has 0 saturated carbocycles. The number of ether oxygens (including phenoxy) is 1. The van der Waals surface area contributed by atoms with Crippen LogP contribution in [0.25, 0.3) is 0 Å². The van der Waals surface area contributed by atoms with Gasteiger partial charge in [0.2, 0.25) is 0 Å². The molecular weight excluding hydrogens is 338 g/mol. The second kappa shape index (κ2) is 7.18. The van der Waals surface area contributed by atoms with E-state index in [1.807, 2.05) is 6.07 Å². The SMILES string of the molecule is O=C(CC(C(=O)O)N1C(=O)c2ccccc2C1=O)OCc1ccccc1. The number of hydrogen-bond donors (Lipinski definition) is 1. The monoisotopic (exact) mass is 353 g/mol. The van der Waals surface area contributed by atoms with Gasteiger partial charge in [-0.3, -0.25) is 19.3 Å². The number of carboxylic acids is 1. The predicted molar refractivity (Wildman–Crippen MR) is 89.2 cm³/mol. The van der Waals surface area contributed by atoms with Crippen molar-refractivity contribution in [2.45, 2.75) is 19.1 Å². The molecule has 1 unspecified atom stereocenters. The summed E-state index contributed by atoms with van der Waals surface area (Å²) in [6.45, 7) is -0.0197. The zero-order chi connectivity index (χ0) is 18.7. The van der Waals surface area contributed by atoms with Gasteiger partial charge in [-0.2, -0.15) is 0 Å². The fraction of sp³-hybridized carbons (Fsp3) is 0.158. The van der Waals surface area contributed by atoms with Crippen LogP contribution in [0.15, 0.2) is 54.6 Å². The summed E-state index contributed by atoms with van der Waals surface area (Å²) in [4.78, 5) is 49.0. The predicted octanol–water partition coefficient (Wildman–Crippen LogP) is 1.87. The number of fused-ring (bicyclic) bond motifs is 1. The van der Waals surface area contributed by atoms with E-state index in [4.69, 9.17) is 4.74 Å². The number of carboxylic acid groups (broad SMARTS) is 1. The maximum atomic E-state index is 12.4. The quantitative estimate of drug-likeness (QED) is 0.628. The number of carbonyl (C=O) groups excluding carboxylic acids is 3. The normalized spacial score (nSPS) is 14.1. The molecule has 1 atom stereocenters. The molecule has 2 amide bonds. The minimum Gasteiger partial charge on any atom is -0.480 e. The van der Waals surface area contributed by atoms with Gasteiger partial charge in [-0.25, -0.2) is 4.79 Å². The number of amides is 2. The number of nitrogens with zero attached hydrogens (tertiary/aromatic N) is 1. The maximum Gasteiger partial charge on any atom is 0.327 e. The van der Waals surface area contributed by atoms with Crippen molar-refractivity contribution < 1.29 is 29.0 Å². The van der Waals surface area contributed by atoms with Crippen LogP contribution in [0.5, 0.6) is 0 Å². The molecule has 1 heterocycles. The molecule has 0 aromatic heterocycles. The van der Waals surface area contributed by atoms with Gasteiger partial charge < -0.3 is 9.84 Å². The van der Waals surface area contributed by atoms with Gasteiger partial charge in [-0.15, -0.1) is 0 Å². The first-order valence-corrected chi connectivity index (χ1v) is 7.88. The molecule has 1 aliphatic heterocycles. The fourth-order valence-corrected chi connectivity index (χ4v) is 2.73. The van der Waals surface area contributed by atoms with Crippen molar-refractivity contribution in [1.82, 2.24) is 4.90 Å². The average molecular weight is 353 g/mol. The molecule has 2 aromatic carbocycles. The van der Waals surface area contributed by atoms with E-state index in [-0.39, 0.29) is 17.7 Å². The van der Waals surface area contributed by atoms with Crippen molar-refractivity contribution in [3.63, 3.8) is 0 Å². The van der Waals surface area contributed by atoms with Gasteiger partial charge in [-0.1, -0.05) is 42.5 Å². The molecule has 0 saturated heterocycles. The van der Waals surface area contributed by atoms with Crippen molar-refractivity contribution in [3.8, 4) is 0 Å². The topological polar surface area (TPSA) is 101 Å². The Kier molecular flexibility index (Phi) is 4.79. The van der Waals surface area contributed by atoms with E-state index in [2.05, 4.69) is 0 Å². The highest BCUT2D eigenvalue weighted by Crippen LogP contribution is 2.26. The highest BCUT2D eigenvalue weighted by molar-refractivity contribution is 6.22. The largest absolute Gasteiger partial charge is 0.480 e. The molecule has 132 valence electrons. The summed E-state index contributed by atoms with van der Waals surface area (Å²) in [7, 11) is 0. The smallest absolute Gasteiger partial charge is 0.327 e. The summed E-state index contributed by atoms with van der Waals surface area (Å²) >= 11 is 0. The fourth-order valence-electron chi connectivity index (χ4n) is 2.73. The van der Waals surface area contributed by atoms with Gasteiger partial charge in [0.25, 0.3) is 11.8 Å². The lowest BCUT2D eigenvalue weighted by molar-refractivity contribution is -0.152. The molecule has 3 rings (SSSR count). The standard InChI is InChI=1S/C19H15NO6/c21-16(26-11-12-6-2-1-3-7-12)10-15(19(24)25)20-17(22)13-8-4-5-9-14(13)18(20)23/h1-9,15H,10-11H2,(H,24,25). The lowest BCUT2D eigenvalue weighted by Crippen LogP contribution is -2.46. The maximum absolute atomic E-state index is 12.4. The zero-order valence-electron chi connectivity index (χ0n) is 13.6. The molecule has 0 fully saturated rings. The Morgan fingerprint density at radius 3 is 2.00 bits per heavy atom. The summed E-state index contributed by atoms with van der Waals surface area (Å²) < 4.78 is 5.06. The van der Waals surface area contributed by atoms with Gasteiger partial charge in [0.05, 0.1) is 17.5 Å². The van der Waals surface area contributed by atoms with Crippen LogP contribution >= 0.6 is 0 Å². The Morgan fingerprint density at radius 2 is 1.46 bits per heavy atom. The van der Waals surface area contributed by atoms with Gasteiger partial charge in [-0.05, 0) is 17.7 Å². The second-order valence-corrected chi connectivity index (χ2v) is 5.73. The van der Waals surface area contributed by atoms with E-state index in [1.54, 1.807) is 36.4 Å². The molecule has 1 N–H and O–H groups in total. The van der Waals surface area contributed by atoms with Crippen LogP contribution in [0.1, 0.15) is 32.7 Å². The second-order valence-electron chi connectivity index (χ2n) is 5.73. The minimum absolute atomic E-state index is 0.0197. The Labute approximate surface area is 148 Å². The lowest BCUT2D eigenvalue weighted by atomic mass is 10.1. The summed E-state index contributed by atoms with van der Waals surface area (Å²) in [6.07, 6.45) is -0.617. The average Bonchev–Trinajstić information content (AvgIpc) is 2.90. The summed E-state index contributed by atoms with van der Waals surface area (Å²) in [6, 6.07) is 13.3. The molecule has 2 aromatic rings. The zero-order valence-corrected chi connectivity index (χ0v) is 13.6. The first-order valence-electron chi connectivity index (χ1n) is 7.88. The molecule has 0 bridgehead atoms. The Bertz CT molecular complexity index is 842. The molecule has 7 heteroatoms. The van der Waals surface area contributed by atoms with Crippen molar-refractivity contribution in [3.05, 3.63) is 71.3 Å². The number of carbonyl (C=O) groups is 4. The van der Waals surface area contributed by atoms with E-state index < -0.39 is 36.2 Å². The lowest BCUT2D eigenvalue weighted by Gasteiger charge is -2.21. The summed E-state index contributed by atoms with van der Waals surface area (Å²) in [5, 5.41) is 9.43. The molecule has 0 aliphatic carbocycles. The highest BCUT2D eigenvalue weighted by Gasteiger charge is 2.43. The molecule has 1 aliphatic rings. The van der Waals surface area contributed by atoms with E-state index in [0.717, 1.165) is 5.56 Å². The van der Waals surface area contributed by atoms with Gasteiger partial charge in [0, 0.05) is 0 Å². The summed E-state index contributed by atoms with van der Waals surface area (Å²) in [5.41, 5.74) is 0.997. The van der Waals surface area contributed by atoms with E-state index >= 15 is 0 Å². The van der Waals surface area contributed by atoms with Gasteiger partial charge in [0.15, 0.2) is 0 Å². The van der Waals surface area contributed by atoms with Crippen LogP contribution < -0.4 is 0 Å². The number of rotatable bonds is 6. The Hall–Kier alpha value is -3.48. The van der Waals surface area contributed by atoms with Crippen LogP contribution in [-0.2, 0) is 20.9 Å². The molecular formula is C19H15NO6. The first kappa shape index (κ1) is 17.3. The van der Waals surface area contributed by atoms with Gasteiger partial charge >= 0.3 is 11.9 Å². The minimum atomic E-state index is -1.62. The highest BCUT2D eigenvalue weighted by atomic mass is 16.5.